The van der Waals surface area contributed by atoms with Crippen LogP contribution in [0.25, 0.3) is 0 Å². The monoisotopic (exact) mass is 251 g/mol. The van der Waals surface area contributed by atoms with Crippen molar-refractivity contribution < 1.29 is 14.6 Å². The van der Waals surface area contributed by atoms with Gasteiger partial charge in [0.15, 0.2) is 0 Å². The average Bonchev–Trinajstić information content (AvgIpc) is 2.72. The Morgan fingerprint density at radius 2 is 2.39 bits per heavy atom. The van der Waals surface area contributed by atoms with Gasteiger partial charge in [-0.15, -0.1) is 0 Å². The number of benzene rings is 1. The number of likely N-dealkylation sites (N-methyl/N-ethyl adjacent to an activating group) is 1. The molecule has 1 aliphatic heterocycles. The highest BCUT2D eigenvalue weighted by atomic mass is 16.5. The van der Waals surface area contributed by atoms with Crippen LogP contribution < -0.4 is 14.8 Å². The Kier molecular flexibility index (Phi) is 4.44. The van der Waals surface area contributed by atoms with Crippen LogP contribution in [0.4, 0.5) is 0 Å². The first-order chi connectivity index (χ1) is 8.70. The SMILES string of the molecule is CCNC1COc2cc(OCCC(C)O)ccc21. The highest BCUT2D eigenvalue weighted by molar-refractivity contribution is 5.45. The van der Waals surface area contributed by atoms with Crippen LogP contribution in [0.5, 0.6) is 11.5 Å². The van der Waals surface area contributed by atoms with Gasteiger partial charge >= 0.3 is 0 Å². The molecular weight excluding hydrogens is 230 g/mol. The molecule has 1 aromatic rings. The normalized spacial score (nSPS) is 19.2. The summed E-state index contributed by atoms with van der Waals surface area (Å²) >= 11 is 0. The van der Waals surface area contributed by atoms with Gasteiger partial charge in [-0.25, -0.2) is 0 Å². The van der Waals surface area contributed by atoms with Gasteiger partial charge in [-0.3, -0.25) is 0 Å². The number of ether oxygens (including phenoxy) is 2. The van der Waals surface area contributed by atoms with E-state index in [1.807, 2.05) is 18.2 Å². The fourth-order valence-electron chi connectivity index (χ4n) is 2.04. The fourth-order valence-corrected chi connectivity index (χ4v) is 2.04. The molecule has 0 aliphatic carbocycles. The van der Waals surface area contributed by atoms with E-state index in [-0.39, 0.29) is 12.1 Å². The molecule has 2 atom stereocenters. The second kappa shape index (κ2) is 6.07. The van der Waals surface area contributed by atoms with Crippen molar-refractivity contribution in [1.29, 1.82) is 0 Å². The van der Waals surface area contributed by atoms with Crippen LogP contribution in [-0.4, -0.2) is 31.0 Å². The van der Waals surface area contributed by atoms with Crippen molar-refractivity contribution in [2.75, 3.05) is 19.8 Å². The lowest BCUT2D eigenvalue weighted by Gasteiger charge is -2.10. The van der Waals surface area contributed by atoms with Crippen molar-refractivity contribution in [3.63, 3.8) is 0 Å². The van der Waals surface area contributed by atoms with Gasteiger partial charge in [0.2, 0.25) is 0 Å². The van der Waals surface area contributed by atoms with Gasteiger partial charge in [0.05, 0.1) is 18.8 Å². The number of rotatable bonds is 6. The third-order valence-electron chi connectivity index (χ3n) is 3.02. The highest BCUT2D eigenvalue weighted by Gasteiger charge is 2.23. The van der Waals surface area contributed by atoms with Gasteiger partial charge in [-0.2, -0.15) is 0 Å². The molecule has 0 saturated heterocycles. The van der Waals surface area contributed by atoms with Crippen molar-refractivity contribution in [1.82, 2.24) is 5.32 Å². The fraction of sp³-hybridized carbons (Fsp3) is 0.571. The van der Waals surface area contributed by atoms with Crippen molar-refractivity contribution in [3.05, 3.63) is 23.8 Å². The Labute approximate surface area is 108 Å². The standard InChI is InChI=1S/C14H21NO3/c1-3-15-13-9-18-14-8-11(4-5-12(13)14)17-7-6-10(2)16/h4-5,8,10,13,15-16H,3,6-7,9H2,1-2H3. The van der Waals surface area contributed by atoms with Gasteiger partial charge in [0.25, 0.3) is 0 Å². The van der Waals surface area contributed by atoms with E-state index in [0.29, 0.717) is 19.6 Å². The lowest BCUT2D eigenvalue weighted by atomic mass is 10.1. The molecule has 2 N–H and O–H groups in total. The number of aliphatic hydroxyl groups excluding tert-OH is 1. The lowest BCUT2D eigenvalue weighted by Crippen LogP contribution is -2.21. The topological polar surface area (TPSA) is 50.7 Å². The van der Waals surface area contributed by atoms with Crippen molar-refractivity contribution >= 4 is 0 Å². The lowest BCUT2D eigenvalue weighted by molar-refractivity contribution is 0.155. The van der Waals surface area contributed by atoms with Crippen LogP contribution in [0, 0.1) is 0 Å². The van der Waals surface area contributed by atoms with E-state index in [1.165, 1.54) is 5.56 Å². The second-order valence-electron chi connectivity index (χ2n) is 4.61. The maximum Gasteiger partial charge on any atom is 0.127 e. The number of hydrogen-bond donors (Lipinski definition) is 2. The highest BCUT2D eigenvalue weighted by Crippen LogP contribution is 2.35. The van der Waals surface area contributed by atoms with Crippen LogP contribution in [0.3, 0.4) is 0 Å². The van der Waals surface area contributed by atoms with Crippen LogP contribution >= 0.6 is 0 Å². The minimum atomic E-state index is -0.325. The minimum Gasteiger partial charge on any atom is -0.493 e. The summed E-state index contributed by atoms with van der Waals surface area (Å²) in [6, 6.07) is 6.22. The molecule has 4 nitrogen and oxygen atoms in total. The summed E-state index contributed by atoms with van der Waals surface area (Å²) < 4.78 is 11.2. The molecule has 2 unspecified atom stereocenters. The van der Waals surface area contributed by atoms with E-state index in [0.717, 1.165) is 18.0 Å². The van der Waals surface area contributed by atoms with E-state index >= 15 is 0 Å². The first-order valence-electron chi connectivity index (χ1n) is 6.51. The van der Waals surface area contributed by atoms with E-state index in [9.17, 15) is 0 Å². The van der Waals surface area contributed by atoms with Crippen molar-refractivity contribution in [3.8, 4) is 11.5 Å². The Hall–Kier alpha value is -1.26. The second-order valence-corrected chi connectivity index (χ2v) is 4.61. The number of nitrogens with one attached hydrogen (secondary N) is 1. The zero-order chi connectivity index (χ0) is 13.0. The van der Waals surface area contributed by atoms with Gasteiger partial charge in [0.1, 0.15) is 18.1 Å². The Bertz CT molecular complexity index is 393. The van der Waals surface area contributed by atoms with Crippen LogP contribution in [0.15, 0.2) is 18.2 Å². The third-order valence-corrected chi connectivity index (χ3v) is 3.02. The van der Waals surface area contributed by atoms with Gasteiger partial charge < -0.3 is 19.9 Å². The molecule has 0 aromatic heterocycles. The summed E-state index contributed by atoms with van der Waals surface area (Å²) in [5.41, 5.74) is 1.19. The molecule has 1 aliphatic rings. The molecule has 0 radical (unpaired) electrons. The number of fused-ring (bicyclic) bond motifs is 1. The molecule has 1 aromatic carbocycles. The summed E-state index contributed by atoms with van der Waals surface area (Å²) in [6.45, 7) is 5.98. The van der Waals surface area contributed by atoms with Crippen LogP contribution in [0.2, 0.25) is 0 Å². The van der Waals surface area contributed by atoms with Gasteiger partial charge in [-0.05, 0) is 25.6 Å². The van der Waals surface area contributed by atoms with Crippen molar-refractivity contribution in [2.24, 2.45) is 0 Å². The van der Waals surface area contributed by atoms with E-state index in [1.54, 1.807) is 6.92 Å². The largest absolute Gasteiger partial charge is 0.493 e. The molecule has 2 rings (SSSR count). The maximum absolute atomic E-state index is 9.17. The quantitative estimate of drug-likeness (QED) is 0.810. The average molecular weight is 251 g/mol. The number of hydrogen-bond acceptors (Lipinski definition) is 4. The molecule has 1 heterocycles. The molecule has 0 amide bonds. The van der Waals surface area contributed by atoms with E-state index < -0.39 is 0 Å². The summed E-state index contributed by atoms with van der Waals surface area (Å²) in [4.78, 5) is 0. The molecular formula is C14H21NO3. The van der Waals surface area contributed by atoms with Gasteiger partial charge in [-0.1, -0.05) is 6.92 Å². The Morgan fingerprint density at radius 3 is 3.11 bits per heavy atom. The molecule has 0 saturated carbocycles. The zero-order valence-electron chi connectivity index (χ0n) is 11.0. The first-order valence-corrected chi connectivity index (χ1v) is 6.51. The maximum atomic E-state index is 9.17. The molecule has 0 bridgehead atoms. The molecule has 0 spiro atoms. The van der Waals surface area contributed by atoms with Gasteiger partial charge in [0, 0.05) is 18.1 Å². The summed E-state index contributed by atoms with van der Waals surface area (Å²) in [5, 5.41) is 12.5. The van der Waals surface area contributed by atoms with Crippen molar-refractivity contribution in [2.45, 2.75) is 32.4 Å². The molecule has 100 valence electrons. The van der Waals surface area contributed by atoms with E-state index in [4.69, 9.17) is 14.6 Å². The summed E-state index contributed by atoms with van der Waals surface area (Å²) in [5.74, 6) is 1.70. The molecule has 4 heteroatoms. The predicted octanol–water partition coefficient (Wildman–Crippen LogP) is 1.88. The predicted molar refractivity (Wildman–Crippen MR) is 70.1 cm³/mol. The third kappa shape index (κ3) is 3.15. The first kappa shape index (κ1) is 13.2. The van der Waals surface area contributed by atoms with Crippen LogP contribution in [-0.2, 0) is 0 Å². The van der Waals surface area contributed by atoms with E-state index in [2.05, 4.69) is 12.2 Å². The zero-order valence-corrected chi connectivity index (χ0v) is 11.0. The molecule has 0 fully saturated rings. The smallest absolute Gasteiger partial charge is 0.127 e. The Morgan fingerprint density at radius 1 is 1.56 bits per heavy atom. The van der Waals surface area contributed by atoms with Crippen LogP contribution in [0.1, 0.15) is 31.9 Å². The molecule has 18 heavy (non-hydrogen) atoms. The number of aliphatic hydroxyl groups is 1. The summed E-state index contributed by atoms with van der Waals surface area (Å²) in [6.07, 6.45) is 0.312. The Balaban J connectivity index is 1.96. The summed E-state index contributed by atoms with van der Waals surface area (Å²) in [7, 11) is 0. The minimum absolute atomic E-state index is 0.288.